The first kappa shape index (κ1) is 15.5. The predicted molar refractivity (Wildman–Crippen MR) is 81.5 cm³/mol. The lowest BCUT2D eigenvalue weighted by Crippen LogP contribution is -2.30. The van der Waals surface area contributed by atoms with E-state index < -0.39 is 15.9 Å². The Balaban J connectivity index is 2.18. The molecule has 1 aromatic carbocycles. The second-order valence-electron chi connectivity index (χ2n) is 6.18. The monoisotopic (exact) mass is 296 g/mol. The van der Waals surface area contributed by atoms with Crippen LogP contribution in [0, 0.1) is 19.8 Å². The summed E-state index contributed by atoms with van der Waals surface area (Å²) in [5, 5.41) is 10.3. The lowest BCUT2D eigenvalue weighted by atomic mass is 9.81. The first-order valence-corrected chi connectivity index (χ1v) is 9.18. The van der Waals surface area contributed by atoms with Crippen molar-refractivity contribution in [3.8, 4) is 0 Å². The zero-order chi connectivity index (χ0) is 14.9. The molecule has 0 aromatic heterocycles. The predicted octanol–water partition coefficient (Wildman–Crippen LogP) is 2.94. The molecule has 1 N–H and O–H groups in total. The Morgan fingerprint density at radius 3 is 2.55 bits per heavy atom. The van der Waals surface area contributed by atoms with E-state index in [-0.39, 0.29) is 11.2 Å². The fourth-order valence-corrected chi connectivity index (χ4v) is 4.46. The third-order valence-corrected chi connectivity index (χ3v) is 6.10. The van der Waals surface area contributed by atoms with Crippen molar-refractivity contribution in [2.75, 3.05) is 6.26 Å². The first-order chi connectivity index (χ1) is 9.29. The Morgan fingerprint density at radius 2 is 1.95 bits per heavy atom. The molecule has 1 saturated carbocycles. The highest BCUT2D eigenvalue weighted by Crippen LogP contribution is 2.37. The average Bonchev–Trinajstić information content (AvgIpc) is 2.37. The molecule has 112 valence electrons. The van der Waals surface area contributed by atoms with Crippen LogP contribution in [0.5, 0.6) is 0 Å². The molecule has 0 saturated heterocycles. The largest absolute Gasteiger partial charge is 0.388 e. The molecule has 2 rings (SSSR count). The van der Waals surface area contributed by atoms with E-state index in [0.29, 0.717) is 6.42 Å². The van der Waals surface area contributed by atoms with Crippen molar-refractivity contribution in [1.29, 1.82) is 0 Å². The summed E-state index contributed by atoms with van der Waals surface area (Å²) < 4.78 is 23.4. The highest BCUT2D eigenvalue weighted by molar-refractivity contribution is 7.91. The quantitative estimate of drug-likeness (QED) is 0.933. The Kier molecular flexibility index (Phi) is 4.55. The van der Waals surface area contributed by atoms with Gasteiger partial charge in [-0.3, -0.25) is 0 Å². The number of sulfone groups is 1. The van der Waals surface area contributed by atoms with E-state index >= 15 is 0 Å². The summed E-state index contributed by atoms with van der Waals surface area (Å²) in [6, 6.07) is 6.04. The van der Waals surface area contributed by atoms with Gasteiger partial charge in [0.15, 0.2) is 0 Å². The average molecular weight is 296 g/mol. The molecule has 0 bridgehead atoms. The van der Waals surface area contributed by atoms with Gasteiger partial charge in [-0.15, -0.1) is 0 Å². The SMILES string of the molecule is Cc1ccc(C(O)C2CCCC(S(C)(=O)=O)C2)c(C)c1. The van der Waals surface area contributed by atoms with Crippen LogP contribution in [0.15, 0.2) is 18.2 Å². The summed E-state index contributed by atoms with van der Waals surface area (Å²) >= 11 is 0. The molecule has 4 heteroatoms. The summed E-state index contributed by atoms with van der Waals surface area (Å²) in [6.07, 6.45) is 3.84. The number of aryl methyl sites for hydroxylation is 2. The van der Waals surface area contributed by atoms with E-state index in [1.165, 1.54) is 11.8 Å². The van der Waals surface area contributed by atoms with Crippen LogP contribution in [0.1, 0.15) is 48.5 Å². The van der Waals surface area contributed by atoms with Crippen molar-refractivity contribution in [3.63, 3.8) is 0 Å². The molecule has 3 atom stereocenters. The minimum Gasteiger partial charge on any atom is -0.388 e. The maximum absolute atomic E-state index is 11.7. The van der Waals surface area contributed by atoms with Gasteiger partial charge in [0, 0.05) is 6.26 Å². The molecule has 0 radical (unpaired) electrons. The number of aliphatic hydroxyl groups excluding tert-OH is 1. The second kappa shape index (κ2) is 5.86. The van der Waals surface area contributed by atoms with Gasteiger partial charge in [-0.25, -0.2) is 8.42 Å². The van der Waals surface area contributed by atoms with Crippen LogP contribution in [-0.4, -0.2) is 25.0 Å². The van der Waals surface area contributed by atoms with Crippen molar-refractivity contribution < 1.29 is 13.5 Å². The fraction of sp³-hybridized carbons (Fsp3) is 0.625. The van der Waals surface area contributed by atoms with Crippen LogP contribution >= 0.6 is 0 Å². The summed E-state index contributed by atoms with van der Waals surface area (Å²) in [7, 11) is -3.00. The van der Waals surface area contributed by atoms with Crippen LogP contribution in [0.25, 0.3) is 0 Å². The van der Waals surface area contributed by atoms with Gasteiger partial charge in [-0.05, 0) is 50.2 Å². The number of benzene rings is 1. The first-order valence-electron chi connectivity index (χ1n) is 7.23. The van der Waals surface area contributed by atoms with Crippen molar-refractivity contribution in [2.45, 2.75) is 50.9 Å². The highest BCUT2D eigenvalue weighted by Gasteiger charge is 2.33. The molecule has 3 unspecified atom stereocenters. The molecule has 1 aliphatic rings. The smallest absolute Gasteiger partial charge is 0.150 e. The van der Waals surface area contributed by atoms with Crippen molar-refractivity contribution in [1.82, 2.24) is 0 Å². The van der Waals surface area contributed by atoms with Crippen LogP contribution in [0.4, 0.5) is 0 Å². The van der Waals surface area contributed by atoms with Crippen LogP contribution < -0.4 is 0 Å². The third-order valence-electron chi connectivity index (χ3n) is 4.46. The molecule has 1 aromatic rings. The number of hydrogen-bond acceptors (Lipinski definition) is 3. The van der Waals surface area contributed by atoms with Crippen molar-refractivity contribution in [2.24, 2.45) is 5.92 Å². The van der Waals surface area contributed by atoms with Crippen molar-refractivity contribution >= 4 is 9.84 Å². The van der Waals surface area contributed by atoms with E-state index in [9.17, 15) is 13.5 Å². The Morgan fingerprint density at radius 1 is 1.25 bits per heavy atom. The standard InChI is InChI=1S/C16H24O3S/c1-11-7-8-15(12(2)9-11)16(17)13-5-4-6-14(10-13)20(3,18)19/h7-9,13-14,16-17H,4-6,10H2,1-3H3. The van der Waals surface area contributed by atoms with Gasteiger partial charge in [0.2, 0.25) is 0 Å². The molecule has 1 fully saturated rings. The maximum Gasteiger partial charge on any atom is 0.150 e. The molecular weight excluding hydrogens is 272 g/mol. The van der Waals surface area contributed by atoms with Crippen LogP contribution in [-0.2, 0) is 9.84 Å². The second-order valence-corrected chi connectivity index (χ2v) is 8.51. The summed E-state index contributed by atoms with van der Waals surface area (Å²) in [6.45, 7) is 4.03. The van der Waals surface area contributed by atoms with E-state index in [1.807, 2.05) is 26.0 Å². The van der Waals surface area contributed by atoms with Crippen LogP contribution in [0.3, 0.4) is 0 Å². The minimum absolute atomic E-state index is 0.0462. The topological polar surface area (TPSA) is 54.4 Å². The highest BCUT2D eigenvalue weighted by atomic mass is 32.2. The van der Waals surface area contributed by atoms with Gasteiger partial charge in [-0.2, -0.15) is 0 Å². The van der Waals surface area contributed by atoms with Gasteiger partial charge in [0.1, 0.15) is 9.84 Å². The molecule has 0 heterocycles. The van der Waals surface area contributed by atoms with E-state index in [2.05, 4.69) is 6.07 Å². The Bertz CT molecular complexity index is 577. The zero-order valence-electron chi connectivity index (χ0n) is 12.5. The molecule has 1 aliphatic carbocycles. The Labute approximate surface area is 121 Å². The van der Waals surface area contributed by atoms with E-state index in [1.54, 1.807) is 0 Å². The third kappa shape index (κ3) is 3.41. The summed E-state index contributed by atoms with van der Waals surface area (Å²) in [4.78, 5) is 0. The van der Waals surface area contributed by atoms with Crippen LogP contribution in [0.2, 0.25) is 0 Å². The van der Waals surface area contributed by atoms with Crippen molar-refractivity contribution in [3.05, 3.63) is 34.9 Å². The minimum atomic E-state index is -3.00. The van der Waals surface area contributed by atoms with Gasteiger partial charge < -0.3 is 5.11 Å². The van der Waals surface area contributed by atoms with Gasteiger partial charge in [0.25, 0.3) is 0 Å². The molecule has 0 amide bonds. The lowest BCUT2D eigenvalue weighted by Gasteiger charge is -2.32. The van der Waals surface area contributed by atoms with E-state index in [4.69, 9.17) is 0 Å². The normalized spacial score (nSPS) is 25.4. The summed E-state index contributed by atoms with van der Waals surface area (Å²) in [5.74, 6) is 0.0462. The Hall–Kier alpha value is -0.870. The molecule has 3 nitrogen and oxygen atoms in total. The molecule has 20 heavy (non-hydrogen) atoms. The zero-order valence-corrected chi connectivity index (χ0v) is 13.3. The molecule has 0 aliphatic heterocycles. The van der Waals surface area contributed by atoms with E-state index in [0.717, 1.165) is 30.4 Å². The molecular formula is C16H24O3S. The number of rotatable bonds is 3. The summed E-state index contributed by atoms with van der Waals surface area (Å²) in [5.41, 5.74) is 3.20. The fourth-order valence-electron chi connectivity index (χ4n) is 3.27. The maximum atomic E-state index is 11.7. The number of hydrogen-bond donors (Lipinski definition) is 1. The van der Waals surface area contributed by atoms with Gasteiger partial charge in [0.05, 0.1) is 11.4 Å². The van der Waals surface area contributed by atoms with Gasteiger partial charge in [-0.1, -0.05) is 30.2 Å². The lowest BCUT2D eigenvalue weighted by molar-refractivity contribution is 0.0852. The number of aliphatic hydroxyl groups is 1. The molecule has 0 spiro atoms. The van der Waals surface area contributed by atoms with Gasteiger partial charge >= 0.3 is 0 Å².